The first kappa shape index (κ1) is 19.7. The number of amides is 1. The Labute approximate surface area is 171 Å². The fraction of sp³-hybridized carbons (Fsp3) is 0.130. The van der Waals surface area contributed by atoms with Crippen molar-refractivity contribution < 1.29 is 18.0 Å². The number of rotatable bonds is 4. The lowest BCUT2D eigenvalue weighted by atomic mass is 10.1. The summed E-state index contributed by atoms with van der Waals surface area (Å²) >= 11 is 0. The second-order valence-corrected chi connectivity index (χ2v) is 6.88. The summed E-state index contributed by atoms with van der Waals surface area (Å²) in [5.41, 5.74) is 1.64. The average molecular weight is 409 g/mol. The van der Waals surface area contributed by atoms with E-state index in [2.05, 4.69) is 10.3 Å². The molecule has 1 aromatic heterocycles. The molecule has 0 spiro atoms. The lowest BCUT2D eigenvalue weighted by molar-refractivity contribution is -0.145. The number of aromatic nitrogens is 2. The van der Waals surface area contributed by atoms with E-state index in [1.54, 1.807) is 30.3 Å². The van der Waals surface area contributed by atoms with Crippen molar-refractivity contribution in [3.05, 3.63) is 95.8 Å². The van der Waals surface area contributed by atoms with Crippen molar-refractivity contribution in [2.45, 2.75) is 19.1 Å². The average Bonchev–Trinajstić information content (AvgIpc) is 3.14. The van der Waals surface area contributed by atoms with Gasteiger partial charge in [0, 0.05) is 0 Å². The molecule has 4 aromatic rings. The number of carbonyl (C=O) groups is 1. The molecule has 0 saturated carbocycles. The highest BCUT2D eigenvalue weighted by Crippen LogP contribution is 2.34. The van der Waals surface area contributed by atoms with Gasteiger partial charge in [-0.05, 0) is 36.8 Å². The monoisotopic (exact) mass is 409 g/mol. The first-order valence-corrected chi connectivity index (χ1v) is 9.36. The molecule has 152 valence electrons. The summed E-state index contributed by atoms with van der Waals surface area (Å²) in [7, 11) is 0. The minimum absolute atomic E-state index is 0.122. The number of benzene rings is 3. The predicted molar refractivity (Wildman–Crippen MR) is 108 cm³/mol. The van der Waals surface area contributed by atoms with Crippen molar-refractivity contribution in [2.24, 2.45) is 0 Å². The van der Waals surface area contributed by atoms with Gasteiger partial charge in [0.25, 0.3) is 5.91 Å². The summed E-state index contributed by atoms with van der Waals surface area (Å²) in [6.45, 7) is 1.82. The van der Waals surface area contributed by atoms with E-state index in [1.807, 2.05) is 37.3 Å². The van der Waals surface area contributed by atoms with Gasteiger partial charge in [-0.3, -0.25) is 9.36 Å². The molecule has 0 fully saturated rings. The maximum absolute atomic E-state index is 13.8. The summed E-state index contributed by atoms with van der Waals surface area (Å²) in [5.74, 6) is -1.53. The third-order valence-corrected chi connectivity index (χ3v) is 4.85. The van der Waals surface area contributed by atoms with E-state index in [-0.39, 0.29) is 28.3 Å². The van der Waals surface area contributed by atoms with Crippen molar-refractivity contribution in [3.63, 3.8) is 0 Å². The molecule has 30 heavy (non-hydrogen) atoms. The smallest absolute Gasteiger partial charge is 0.345 e. The molecule has 1 atom stereocenters. The molecular weight excluding hydrogens is 391 g/mol. The maximum Gasteiger partial charge on any atom is 0.450 e. The maximum atomic E-state index is 13.8. The summed E-state index contributed by atoms with van der Waals surface area (Å²) in [4.78, 5) is 16.8. The van der Waals surface area contributed by atoms with Crippen LogP contribution >= 0.6 is 0 Å². The second-order valence-electron chi connectivity index (χ2n) is 6.88. The molecule has 0 radical (unpaired) electrons. The topological polar surface area (TPSA) is 46.9 Å². The Hall–Kier alpha value is -3.61. The first-order valence-electron chi connectivity index (χ1n) is 9.36. The predicted octanol–water partition coefficient (Wildman–Crippen LogP) is 5.54. The first-order chi connectivity index (χ1) is 14.4. The third-order valence-electron chi connectivity index (χ3n) is 4.85. The number of fused-ring (bicyclic) bond motifs is 1. The van der Waals surface area contributed by atoms with Crippen LogP contribution in [0, 0.1) is 0 Å². The van der Waals surface area contributed by atoms with Gasteiger partial charge < -0.3 is 5.32 Å². The molecule has 0 aliphatic carbocycles. The van der Waals surface area contributed by atoms with Crippen LogP contribution in [-0.2, 0) is 6.18 Å². The van der Waals surface area contributed by atoms with Gasteiger partial charge in [0.15, 0.2) is 0 Å². The Morgan fingerprint density at radius 1 is 0.933 bits per heavy atom. The molecule has 7 heteroatoms. The zero-order valence-electron chi connectivity index (χ0n) is 16.0. The molecular formula is C23H18F3N3O. The lowest BCUT2D eigenvalue weighted by Crippen LogP contribution is -2.28. The Morgan fingerprint density at radius 2 is 1.57 bits per heavy atom. The van der Waals surface area contributed by atoms with Gasteiger partial charge in [-0.15, -0.1) is 0 Å². The Balaban J connectivity index is 1.81. The van der Waals surface area contributed by atoms with E-state index < -0.39 is 17.9 Å². The van der Waals surface area contributed by atoms with Gasteiger partial charge >= 0.3 is 6.18 Å². The molecule has 0 bridgehead atoms. The lowest BCUT2D eigenvalue weighted by Gasteiger charge is -2.18. The molecule has 1 N–H and O–H groups in total. The van der Waals surface area contributed by atoms with Gasteiger partial charge in [0.05, 0.1) is 28.3 Å². The quantitative estimate of drug-likeness (QED) is 0.481. The Bertz CT molecular complexity index is 1200. The number of hydrogen-bond acceptors (Lipinski definition) is 2. The fourth-order valence-corrected chi connectivity index (χ4v) is 3.42. The van der Waals surface area contributed by atoms with Crippen molar-refractivity contribution in [3.8, 4) is 5.69 Å². The number of alkyl halides is 3. The van der Waals surface area contributed by atoms with Crippen molar-refractivity contribution >= 4 is 16.9 Å². The third kappa shape index (κ3) is 3.66. The highest BCUT2D eigenvalue weighted by atomic mass is 19.4. The number of para-hydroxylation sites is 3. The van der Waals surface area contributed by atoms with Crippen LogP contribution in [0.2, 0.25) is 0 Å². The normalized spacial score (nSPS) is 12.7. The highest BCUT2D eigenvalue weighted by Gasteiger charge is 2.38. The van der Waals surface area contributed by atoms with Gasteiger partial charge in [0.1, 0.15) is 0 Å². The van der Waals surface area contributed by atoms with Gasteiger partial charge in [-0.25, -0.2) is 4.98 Å². The molecule has 0 unspecified atom stereocenters. The van der Waals surface area contributed by atoms with Gasteiger partial charge in [0.2, 0.25) is 5.82 Å². The molecule has 4 rings (SSSR count). The van der Waals surface area contributed by atoms with Crippen LogP contribution in [-0.4, -0.2) is 15.5 Å². The highest BCUT2D eigenvalue weighted by molar-refractivity contribution is 5.98. The summed E-state index contributed by atoms with van der Waals surface area (Å²) in [6, 6.07) is 21.6. The second kappa shape index (κ2) is 7.67. The van der Waals surface area contributed by atoms with Crippen LogP contribution in [0.4, 0.5) is 13.2 Å². The number of halogens is 3. The SMILES string of the molecule is C[C@@H](NC(=O)c1ccccc1-n1c(C(F)(F)F)nc2ccccc21)c1ccccc1. The number of imidazole rings is 1. The Morgan fingerprint density at radius 3 is 2.30 bits per heavy atom. The van der Waals surface area contributed by atoms with E-state index in [9.17, 15) is 18.0 Å². The van der Waals surface area contributed by atoms with E-state index in [4.69, 9.17) is 0 Å². The zero-order valence-corrected chi connectivity index (χ0v) is 16.0. The summed E-state index contributed by atoms with van der Waals surface area (Å²) in [6.07, 6.45) is -4.68. The number of nitrogens with one attached hydrogen (secondary N) is 1. The Kier molecular flexibility index (Phi) is 5.03. The minimum atomic E-state index is -4.68. The van der Waals surface area contributed by atoms with Crippen LogP contribution in [0.25, 0.3) is 16.7 Å². The molecule has 0 saturated heterocycles. The molecule has 3 aromatic carbocycles. The van der Waals surface area contributed by atoms with Gasteiger partial charge in [-0.2, -0.15) is 13.2 Å². The van der Waals surface area contributed by atoms with Crippen LogP contribution in [0.3, 0.4) is 0 Å². The minimum Gasteiger partial charge on any atom is -0.345 e. The zero-order chi connectivity index (χ0) is 21.3. The number of hydrogen-bond donors (Lipinski definition) is 1. The van der Waals surface area contributed by atoms with Crippen LogP contribution < -0.4 is 5.32 Å². The van der Waals surface area contributed by atoms with E-state index in [0.29, 0.717) is 0 Å². The van der Waals surface area contributed by atoms with E-state index >= 15 is 0 Å². The molecule has 0 aliphatic heterocycles. The summed E-state index contributed by atoms with van der Waals surface area (Å²) in [5, 5.41) is 2.87. The van der Waals surface area contributed by atoms with Crippen LogP contribution in [0.15, 0.2) is 78.9 Å². The van der Waals surface area contributed by atoms with Crippen molar-refractivity contribution in [2.75, 3.05) is 0 Å². The van der Waals surface area contributed by atoms with E-state index in [1.165, 1.54) is 18.2 Å². The summed E-state index contributed by atoms with van der Waals surface area (Å²) < 4.78 is 42.3. The number of nitrogens with zero attached hydrogens (tertiary/aromatic N) is 2. The number of carbonyl (C=O) groups excluding carboxylic acids is 1. The fourth-order valence-electron chi connectivity index (χ4n) is 3.42. The van der Waals surface area contributed by atoms with Crippen molar-refractivity contribution in [1.29, 1.82) is 0 Å². The van der Waals surface area contributed by atoms with Crippen molar-refractivity contribution in [1.82, 2.24) is 14.9 Å². The molecule has 1 amide bonds. The molecule has 1 heterocycles. The molecule has 4 nitrogen and oxygen atoms in total. The largest absolute Gasteiger partial charge is 0.450 e. The van der Waals surface area contributed by atoms with Crippen LogP contribution in [0.1, 0.15) is 34.7 Å². The molecule has 0 aliphatic rings. The van der Waals surface area contributed by atoms with E-state index in [0.717, 1.165) is 10.1 Å². The van der Waals surface area contributed by atoms with Gasteiger partial charge in [-0.1, -0.05) is 54.6 Å². The van der Waals surface area contributed by atoms with Crippen LogP contribution in [0.5, 0.6) is 0 Å². The standard InChI is InChI=1S/C23H18F3N3O/c1-15(16-9-3-2-4-10-16)27-21(30)17-11-5-7-13-19(17)29-20-14-8-6-12-18(20)28-22(29)23(24,25)26/h2-15H,1H3,(H,27,30)/t15-/m1/s1.